The number of benzene rings is 1. The largest absolute Gasteiger partial charge is 0.511 e. The van der Waals surface area contributed by atoms with E-state index in [4.69, 9.17) is 4.74 Å². The summed E-state index contributed by atoms with van der Waals surface area (Å²) in [6.45, 7) is 4.02. The summed E-state index contributed by atoms with van der Waals surface area (Å²) in [7, 11) is -3.69. The quantitative estimate of drug-likeness (QED) is 0.231. The number of nitrogens with zero attached hydrogens (tertiary/aromatic N) is 2. The molecule has 30 heavy (non-hydrogen) atoms. The summed E-state index contributed by atoms with van der Waals surface area (Å²) in [4.78, 5) is 4.12. The van der Waals surface area contributed by atoms with Crippen molar-refractivity contribution < 1.29 is 26.3 Å². The zero-order valence-corrected chi connectivity index (χ0v) is 19.6. The minimum atomic E-state index is -5.28. The number of hydrogen-bond donors (Lipinski definition) is 2. The standard InChI is InChI=1S/C18H25F3N4O3S.HI/c1-3-12-28-16-7-5-4-6-14(16)13-23-17(22-2)24-15-8-10-25(11-9-15)29(26,27)18(19,20)21;/h3-7,15H,1,8-13H2,2H3,(H2,22,23,24);1H. The molecule has 7 nitrogen and oxygen atoms in total. The van der Waals surface area contributed by atoms with Crippen LogP contribution in [0.2, 0.25) is 0 Å². The van der Waals surface area contributed by atoms with E-state index in [1.54, 1.807) is 13.1 Å². The van der Waals surface area contributed by atoms with Gasteiger partial charge in [-0.15, -0.1) is 24.0 Å². The Kier molecular flexibility index (Phi) is 10.4. The van der Waals surface area contributed by atoms with Gasteiger partial charge in [-0.05, 0) is 18.9 Å². The fourth-order valence-corrected chi connectivity index (χ4v) is 3.88. The lowest BCUT2D eigenvalue weighted by molar-refractivity contribution is -0.0494. The van der Waals surface area contributed by atoms with Crippen molar-refractivity contribution in [2.24, 2.45) is 4.99 Å². The number of ether oxygens (including phenoxy) is 1. The molecule has 1 aliphatic rings. The lowest BCUT2D eigenvalue weighted by Gasteiger charge is -2.32. The van der Waals surface area contributed by atoms with Crippen molar-refractivity contribution in [2.75, 3.05) is 26.7 Å². The van der Waals surface area contributed by atoms with Crippen LogP contribution in [-0.2, 0) is 16.6 Å². The molecule has 1 fully saturated rings. The minimum absolute atomic E-state index is 0. The van der Waals surface area contributed by atoms with E-state index in [0.717, 1.165) is 5.56 Å². The molecule has 0 atom stereocenters. The molecule has 1 aromatic carbocycles. The van der Waals surface area contributed by atoms with Crippen LogP contribution in [0.3, 0.4) is 0 Å². The van der Waals surface area contributed by atoms with Crippen molar-refractivity contribution in [2.45, 2.75) is 30.9 Å². The van der Waals surface area contributed by atoms with Crippen LogP contribution in [-0.4, -0.2) is 57.0 Å². The van der Waals surface area contributed by atoms with E-state index in [1.807, 2.05) is 24.3 Å². The first-order chi connectivity index (χ1) is 13.7. The van der Waals surface area contributed by atoms with E-state index < -0.39 is 15.5 Å². The molecule has 12 heteroatoms. The molecule has 0 amide bonds. The van der Waals surface area contributed by atoms with E-state index in [-0.39, 0.29) is 55.9 Å². The summed E-state index contributed by atoms with van der Waals surface area (Å²) in [6.07, 6.45) is 2.14. The normalized spacial score (nSPS) is 16.5. The fraction of sp³-hybridized carbons (Fsp3) is 0.500. The number of nitrogens with one attached hydrogen (secondary N) is 2. The molecule has 1 aromatic rings. The van der Waals surface area contributed by atoms with E-state index in [2.05, 4.69) is 22.2 Å². The van der Waals surface area contributed by atoms with Crippen LogP contribution >= 0.6 is 24.0 Å². The molecule has 2 N–H and O–H groups in total. The molecule has 1 heterocycles. The zero-order valence-electron chi connectivity index (χ0n) is 16.5. The highest BCUT2D eigenvalue weighted by Crippen LogP contribution is 2.29. The average Bonchev–Trinajstić information content (AvgIpc) is 2.69. The summed E-state index contributed by atoms with van der Waals surface area (Å²) in [6, 6.07) is 7.29. The first-order valence-electron chi connectivity index (χ1n) is 9.04. The molecular formula is C18H26F3IN4O3S. The molecule has 0 saturated carbocycles. The summed E-state index contributed by atoms with van der Waals surface area (Å²) < 4.78 is 67.0. The number of halogens is 4. The second-order valence-corrected chi connectivity index (χ2v) is 8.33. The maximum absolute atomic E-state index is 12.7. The van der Waals surface area contributed by atoms with Crippen LogP contribution in [0.5, 0.6) is 5.75 Å². The van der Waals surface area contributed by atoms with E-state index in [9.17, 15) is 21.6 Å². The topological polar surface area (TPSA) is 83.0 Å². The first-order valence-corrected chi connectivity index (χ1v) is 10.5. The number of alkyl halides is 3. The minimum Gasteiger partial charge on any atom is -0.489 e. The number of para-hydroxylation sites is 1. The Morgan fingerprint density at radius 1 is 1.33 bits per heavy atom. The van der Waals surface area contributed by atoms with Gasteiger partial charge in [0.15, 0.2) is 5.96 Å². The second kappa shape index (κ2) is 11.7. The smallest absolute Gasteiger partial charge is 0.489 e. The van der Waals surface area contributed by atoms with Crippen molar-refractivity contribution in [1.82, 2.24) is 14.9 Å². The zero-order chi connectivity index (χ0) is 21.5. The summed E-state index contributed by atoms with van der Waals surface area (Å²) >= 11 is 0. The van der Waals surface area contributed by atoms with Crippen molar-refractivity contribution in [3.63, 3.8) is 0 Å². The van der Waals surface area contributed by atoms with Gasteiger partial charge in [0, 0.05) is 38.3 Å². The van der Waals surface area contributed by atoms with Crippen LogP contribution in [0.1, 0.15) is 18.4 Å². The molecule has 0 unspecified atom stereocenters. The van der Waals surface area contributed by atoms with E-state index in [1.165, 1.54) is 0 Å². The molecule has 0 radical (unpaired) electrons. The van der Waals surface area contributed by atoms with Gasteiger partial charge in [0.05, 0.1) is 0 Å². The predicted molar refractivity (Wildman–Crippen MR) is 120 cm³/mol. The highest BCUT2D eigenvalue weighted by molar-refractivity contribution is 14.0. The first kappa shape index (κ1) is 26.5. The maximum Gasteiger partial charge on any atom is 0.511 e. The molecule has 1 aliphatic heterocycles. The number of rotatable bonds is 7. The Morgan fingerprint density at radius 2 is 1.97 bits per heavy atom. The van der Waals surface area contributed by atoms with Crippen LogP contribution in [0.15, 0.2) is 41.9 Å². The Morgan fingerprint density at radius 3 is 2.53 bits per heavy atom. The molecule has 0 aromatic heterocycles. The average molecular weight is 562 g/mol. The van der Waals surface area contributed by atoms with Gasteiger partial charge in [0.25, 0.3) is 0 Å². The van der Waals surface area contributed by atoms with Crippen LogP contribution in [0.25, 0.3) is 0 Å². The lowest BCUT2D eigenvalue weighted by Crippen LogP contribution is -2.51. The number of aliphatic imine (C=N–C) groups is 1. The van der Waals surface area contributed by atoms with Crippen molar-refractivity contribution in [3.05, 3.63) is 42.5 Å². The van der Waals surface area contributed by atoms with Gasteiger partial charge in [-0.1, -0.05) is 30.9 Å². The van der Waals surface area contributed by atoms with Gasteiger partial charge in [-0.2, -0.15) is 17.5 Å². The van der Waals surface area contributed by atoms with E-state index >= 15 is 0 Å². The van der Waals surface area contributed by atoms with Gasteiger partial charge < -0.3 is 15.4 Å². The Hall–Kier alpha value is -1.54. The monoisotopic (exact) mass is 562 g/mol. The maximum atomic E-state index is 12.7. The van der Waals surface area contributed by atoms with Gasteiger partial charge in [0.2, 0.25) is 0 Å². The van der Waals surface area contributed by atoms with Gasteiger partial charge in [-0.25, -0.2) is 8.42 Å². The summed E-state index contributed by atoms with van der Waals surface area (Å²) in [5.74, 6) is 1.18. The third kappa shape index (κ3) is 7.01. The summed E-state index contributed by atoms with van der Waals surface area (Å²) in [5.41, 5.74) is -4.37. The highest BCUT2D eigenvalue weighted by Gasteiger charge is 2.50. The molecule has 0 spiro atoms. The van der Waals surface area contributed by atoms with Crippen molar-refractivity contribution in [3.8, 4) is 5.75 Å². The van der Waals surface area contributed by atoms with Gasteiger partial charge in [0.1, 0.15) is 12.4 Å². The summed E-state index contributed by atoms with van der Waals surface area (Å²) in [5, 5.41) is 6.27. The van der Waals surface area contributed by atoms with Crippen molar-refractivity contribution >= 4 is 40.0 Å². The van der Waals surface area contributed by atoms with Crippen LogP contribution in [0.4, 0.5) is 13.2 Å². The molecule has 0 bridgehead atoms. The number of hydrogen-bond acceptors (Lipinski definition) is 4. The second-order valence-electron chi connectivity index (χ2n) is 6.40. The SMILES string of the molecule is C=CCOc1ccccc1CNC(=NC)NC1CCN(S(=O)(=O)C(F)(F)F)CC1.I. The third-order valence-electron chi connectivity index (χ3n) is 4.43. The molecule has 0 aliphatic carbocycles. The Balaban J connectivity index is 0.00000450. The van der Waals surface area contributed by atoms with Crippen LogP contribution < -0.4 is 15.4 Å². The van der Waals surface area contributed by atoms with Crippen molar-refractivity contribution in [1.29, 1.82) is 0 Å². The lowest BCUT2D eigenvalue weighted by atomic mass is 10.1. The molecular weight excluding hydrogens is 536 g/mol. The fourth-order valence-electron chi connectivity index (χ4n) is 2.89. The Labute approximate surface area is 191 Å². The number of piperidine rings is 1. The molecule has 1 saturated heterocycles. The van der Waals surface area contributed by atoms with E-state index in [0.29, 0.717) is 29.2 Å². The van der Waals surface area contributed by atoms with Crippen LogP contribution in [0, 0.1) is 0 Å². The van der Waals surface area contributed by atoms with Gasteiger partial charge in [-0.3, -0.25) is 4.99 Å². The predicted octanol–water partition coefficient (Wildman–Crippen LogP) is 2.85. The molecule has 170 valence electrons. The number of guanidine groups is 1. The highest BCUT2D eigenvalue weighted by atomic mass is 127. The molecule has 2 rings (SSSR count). The third-order valence-corrected chi connectivity index (χ3v) is 6.06. The van der Waals surface area contributed by atoms with Gasteiger partial charge >= 0.3 is 15.5 Å². The number of sulfonamides is 1. The Bertz CT molecular complexity index is 826.